The van der Waals surface area contributed by atoms with E-state index in [1.807, 2.05) is 0 Å². The molecule has 1 aliphatic carbocycles. The number of hydrogen-bond donors (Lipinski definition) is 1. The minimum absolute atomic E-state index is 0.326. The second kappa shape index (κ2) is 6.81. The van der Waals surface area contributed by atoms with Gasteiger partial charge in [-0.25, -0.2) is 8.78 Å². The number of alkyl halides is 2. The molecule has 0 fully saturated rings. The van der Waals surface area contributed by atoms with Gasteiger partial charge in [-0.1, -0.05) is 18.1 Å². The number of aromatic nitrogens is 4. The maximum absolute atomic E-state index is 12.8. The van der Waals surface area contributed by atoms with E-state index in [0.29, 0.717) is 11.5 Å². The number of fused-ring (bicyclic) bond motifs is 1. The van der Waals surface area contributed by atoms with Crippen LogP contribution in [0.4, 0.5) is 14.6 Å². The van der Waals surface area contributed by atoms with Gasteiger partial charge in [-0.3, -0.25) is 0 Å². The maximum Gasteiger partial charge on any atom is 0.299 e. The Morgan fingerprint density at radius 1 is 1.18 bits per heavy atom. The highest BCUT2D eigenvalue weighted by atomic mass is 19.3. The molecular formula is C15H19F2N5. The number of halogens is 2. The summed E-state index contributed by atoms with van der Waals surface area (Å²) < 4.78 is 26.7. The minimum Gasteiger partial charge on any atom is -0.368 e. The van der Waals surface area contributed by atoms with Crippen molar-refractivity contribution in [3.63, 3.8) is 0 Å². The van der Waals surface area contributed by atoms with E-state index in [0.717, 1.165) is 30.3 Å². The van der Waals surface area contributed by atoms with Crippen molar-refractivity contribution < 1.29 is 8.78 Å². The first-order chi connectivity index (χ1) is 10.7. The molecule has 2 aromatic rings. The van der Waals surface area contributed by atoms with Crippen molar-refractivity contribution in [3.05, 3.63) is 29.6 Å². The Bertz CT molecular complexity index is 665. The lowest BCUT2D eigenvalue weighted by molar-refractivity contribution is 0.137. The van der Waals surface area contributed by atoms with Gasteiger partial charge in [-0.15, -0.1) is 15.3 Å². The third-order valence-corrected chi connectivity index (χ3v) is 3.87. The minimum atomic E-state index is -2.69. The van der Waals surface area contributed by atoms with Crippen molar-refractivity contribution in [1.82, 2.24) is 19.8 Å². The molecule has 0 saturated heterocycles. The van der Waals surface area contributed by atoms with Gasteiger partial charge in [0.05, 0.1) is 0 Å². The van der Waals surface area contributed by atoms with Crippen LogP contribution in [0.3, 0.4) is 0 Å². The van der Waals surface area contributed by atoms with E-state index >= 15 is 0 Å². The van der Waals surface area contributed by atoms with E-state index < -0.39 is 12.2 Å². The van der Waals surface area contributed by atoms with Crippen LogP contribution in [0.1, 0.15) is 50.8 Å². The molecule has 3 rings (SSSR count). The zero-order valence-corrected chi connectivity index (χ0v) is 12.3. The summed E-state index contributed by atoms with van der Waals surface area (Å²) in [5, 5.41) is 14.5. The second-order valence-electron chi connectivity index (χ2n) is 5.49. The highest BCUT2D eigenvalue weighted by Gasteiger charge is 2.16. The van der Waals surface area contributed by atoms with E-state index in [1.165, 1.54) is 24.8 Å². The molecule has 0 bridgehead atoms. The monoisotopic (exact) mass is 307 g/mol. The quantitative estimate of drug-likeness (QED) is 0.855. The summed E-state index contributed by atoms with van der Waals surface area (Å²) >= 11 is 0. The fourth-order valence-electron chi connectivity index (χ4n) is 2.70. The first-order valence-corrected chi connectivity index (χ1v) is 7.66. The van der Waals surface area contributed by atoms with Gasteiger partial charge in [-0.05, 0) is 44.2 Å². The molecule has 0 radical (unpaired) electrons. The molecular weight excluding hydrogens is 288 g/mol. The summed E-state index contributed by atoms with van der Waals surface area (Å²) in [5.74, 6) is 0.133. The third-order valence-electron chi connectivity index (χ3n) is 3.87. The van der Waals surface area contributed by atoms with Gasteiger partial charge in [0.25, 0.3) is 6.43 Å². The first-order valence-electron chi connectivity index (χ1n) is 7.66. The SMILES string of the molecule is FC(F)c1nnc2ccc(NCCC3=CCCCCC3)nn12. The van der Waals surface area contributed by atoms with Gasteiger partial charge in [-0.2, -0.15) is 4.52 Å². The average molecular weight is 307 g/mol. The van der Waals surface area contributed by atoms with Crippen LogP contribution in [0.15, 0.2) is 23.8 Å². The summed E-state index contributed by atoms with van der Waals surface area (Å²) in [6.45, 7) is 0.747. The van der Waals surface area contributed by atoms with Crippen LogP contribution >= 0.6 is 0 Å². The Balaban J connectivity index is 1.63. The zero-order chi connectivity index (χ0) is 15.4. The first kappa shape index (κ1) is 14.9. The largest absolute Gasteiger partial charge is 0.368 e. The molecule has 2 heterocycles. The van der Waals surface area contributed by atoms with Gasteiger partial charge in [0.1, 0.15) is 5.82 Å². The summed E-state index contributed by atoms with van der Waals surface area (Å²) in [7, 11) is 0. The molecule has 0 saturated carbocycles. The van der Waals surface area contributed by atoms with Crippen LogP contribution < -0.4 is 5.32 Å². The highest BCUT2D eigenvalue weighted by Crippen LogP contribution is 2.20. The maximum atomic E-state index is 12.8. The van der Waals surface area contributed by atoms with Crippen molar-refractivity contribution in [3.8, 4) is 0 Å². The van der Waals surface area contributed by atoms with Crippen LogP contribution in [0.2, 0.25) is 0 Å². The Morgan fingerprint density at radius 3 is 2.95 bits per heavy atom. The van der Waals surface area contributed by atoms with Crippen LogP contribution in [0, 0.1) is 0 Å². The number of nitrogens with one attached hydrogen (secondary N) is 1. The Hall–Kier alpha value is -2.05. The molecule has 5 nitrogen and oxygen atoms in total. The number of anilines is 1. The molecule has 22 heavy (non-hydrogen) atoms. The van der Waals surface area contributed by atoms with Gasteiger partial charge >= 0.3 is 0 Å². The molecule has 0 aromatic carbocycles. The number of rotatable bonds is 5. The molecule has 1 aliphatic rings. The normalized spacial score (nSPS) is 15.9. The van der Waals surface area contributed by atoms with Crippen molar-refractivity contribution >= 4 is 11.5 Å². The molecule has 1 N–H and O–H groups in total. The smallest absolute Gasteiger partial charge is 0.299 e. The van der Waals surface area contributed by atoms with Crippen LogP contribution in [0.5, 0.6) is 0 Å². The van der Waals surface area contributed by atoms with Gasteiger partial charge in [0, 0.05) is 6.54 Å². The van der Waals surface area contributed by atoms with Gasteiger partial charge in [0.15, 0.2) is 5.65 Å². The standard InChI is InChI=1S/C15H19F2N5/c16-14(17)15-20-19-13-8-7-12(21-22(13)15)18-10-9-11-5-3-1-2-4-6-11/h5,7-8,14H,1-4,6,9-10H2,(H,18,21). The Morgan fingerprint density at radius 2 is 2.09 bits per heavy atom. The van der Waals surface area contributed by atoms with E-state index in [-0.39, 0.29) is 0 Å². The molecule has 7 heteroatoms. The fraction of sp³-hybridized carbons (Fsp3) is 0.533. The van der Waals surface area contributed by atoms with Crippen molar-refractivity contribution in [2.24, 2.45) is 0 Å². The molecule has 0 spiro atoms. The predicted molar refractivity (Wildman–Crippen MR) is 80.0 cm³/mol. The third kappa shape index (κ3) is 3.40. The molecule has 0 aliphatic heterocycles. The number of allylic oxidation sites excluding steroid dienone is 1. The lowest BCUT2D eigenvalue weighted by Crippen LogP contribution is -2.08. The van der Waals surface area contributed by atoms with Crippen LogP contribution in [-0.2, 0) is 0 Å². The van der Waals surface area contributed by atoms with Crippen molar-refractivity contribution in [1.29, 1.82) is 0 Å². The Kier molecular flexibility index (Phi) is 4.60. The fourth-order valence-corrected chi connectivity index (χ4v) is 2.70. The number of hydrogen-bond acceptors (Lipinski definition) is 4. The molecule has 0 atom stereocenters. The second-order valence-corrected chi connectivity index (χ2v) is 5.49. The summed E-state index contributed by atoms with van der Waals surface area (Å²) in [4.78, 5) is 0. The van der Waals surface area contributed by atoms with E-state index in [2.05, 4.69) is 26.7 Å². The topological polar surface area (TPSA) is 55.1 Å². The summed E-state index contributed by atoms with van der Waals surface area (Å²) in [6.07, 6.45) is 6.77. The van der Waals surface area contributed by atoms with Gasteiger partial charge < -0.3 is 5.32 Å². The van der Waals surface area contributed by atoms with Crippen molar-refractivity contribution in [2.45, 2.75) is 45.0 Å². The highest BCUT2D eigenvalue weighted by molar-refractivity contribution is 5.44. The lowest BCUT2D eigenvalue weighted by Gasteiger charge is -2.08. The molecule has 118 valence electrons. The van der Waals surface area contributed by atoms with Crippen LogP contribution in [-0.4, -0.2) is 26.4 Å². The molecule has 2 aromatic heterocycles. The summed E-state index contributed by atoms with van der Waals surface area (Å²) in [6, 6.07) is 3.37. The average Bonchev–Trinajstić information content (AvgIpc) is 2.76. The van der Waals surface area contributed by atoms with E-state index in [4.69, 9.17) is 0 Å². The predicted octanol–water partition coefficient (Wildman–Crippen LogP) is 3.75. The van der Waals surface area contributed by atoms with E-state index in [9.17, 15) is 8.78 Å². The zero-order valence-electron chi connectivity index (χ0n) is 12.3. The van der Waals surface area contributed by atoms with Crippen molar-refractivity contribution in [2.75, 3.05) is 11.9 Å². The molecule has 0 unspecified atom stereocenters. The lowest BCUT2D eigenvalue weighted by atomic mass is 10.1. The van der Waals surface area contributed by atoms with E-state index in [1.54, 1.807) is 12.1 Å². The number of nitrogens with zero attached hydrogens (tertiary/aromatic N) is 4. The van der Waals surface area contributed by atoms with Gasteiger partial charge in [0.2, 0.25) is 5.82 Å². The molecule has 0 amide bonds. The van der Waals surface area contributed by atoms with Crippen LogP contribution in [0.25, 0.3) is 5.65 Å². The summed E-state index contributed by atoms with van der Waals surface area (Å²) in [5.41, 5.74) is 1.80. The Labute approximate surface area is 127 Å².